The molecular weight excluding hydrogens is 200 g/mol. The lowest BCUT2D eigenvalue weighted by Gasteiger charge is -2.19. The smallest absolute Gasteiger partial charge is 0.221 e. The lowest BCUT2D eigenvalue weighted by atomic mass is 9.94. The van der Waals surface area contributed by atoms with Gasteiger partial charge in [0.05, 0.1) is 7.11 Å². The maximum absolute atomic E-state index is 6.07. The Labute approximate surface area is 95.2 Å². The number of ether oxygens (including phenoxy) is 1. The van der Waals surface area contributed by atoms with E-state index in [0.29, 0.717) is 5.88 Å². The van der Waals surface area contributed by atoms with Gasteiger partial charge in [0, 0.05) is 17.1 Å². The second-order valence-electron chi connectivity index (χ2n) is 4.48. The Morgan fingerprint density at radius 2 is 2.00 bits per heavy atom. The average Bonchev–Trinajstić information content (AvgIpc) is 2.26. The molecule has 0 fully saturated rings. The Bertz CT molecular complexity index is 515. The normalized spacial score (nSPS) is 11.8. The number of aromatic nitrogens is 1. The van der Waals surface area contributed by atoms with Gasteiger partial charge in [-0.05, 0) is 43.0 Å². The third-order valence-corrected chi connectivity index (χ3v) is 2.67. The zero-order valence-electron chi connectivity index (χ0n) is 9.82. The van der Waals surface area contributed by atoms with Crippen molar-refractivity contribution in [3.05, 3.63) is 36.0 Å². The summed E-state index contributed by atoms with van der Waals surface area (Å²) in [6.45, 7) is 3.99. The topological polar surface area (TPSA) is 48.1 Å². The molecule has 1 aromatic heterocycles. The van der Waals surface area contributed by atoms with E-state index in [1.54, 1.807) is 13.3 Å². The molecule has 3 heteroatoms. The molecule has 3 nitrogen and oxygen atoms in total. The minimum absolute atomic E-state index is 0.329. The van der Waals surface area contributed by atoms with Crippen LogP contribution in [0.5, 0.6) is 5.88 Å². The van der Waals surface area contributed by atoms with Crippen molar-refractivity contribution < 1.29 is 4.74 Å². The molecule has 0 aliphatic rings. The van der Waals surface area contributed by atoms with E-state index in [1.165, 1.54) is 0 Å². The summed E-state index contributed by atoms with van der Waals surface area (Å²) in [6.07, 6.45) is 1.74. The molecule has 84 valence electrons. The molecule has 0 spiro atoms. The van der Waals surface area contributed by atoms with Crippen LogP contribution in [-0.2, 0) is 5.54 Å². The molecule has 0 bridgehead atoms. The highest BCUT2D eigenvalue weighted by molar-refractivity contribution is 5.87. The van der Waals surface area contributed by atoms with Crippen LogP contribution in [0, 0.1) is 0 Å². The van der Waals surface area contributed by atoms with Crippen molar-refractivity contribution in [1.82, 2.24) is 4.98 Å². The first kappa shape index (κ1) is 10.9. The number of nitrogens with two attached hydrogens (primary N) is 1. The number of benzene rings is 1. The van der Waals surface area contributed by atoms with Crippen LogP contribution in [0.15, 0.2) is 30.5 Å². The number of rotatable bonds is 2. The quantitative estimate of drug-likeness (QED) is 0.838. The molecule has 0 radical (unpaired) electrons. The maximum Gasteiger partial charge on any atom is 0.221 e. The molecule has 0 saturated carbocycles. The van der Waals surface area contributed by atoms with E-state index in [0.717, 1.165) is 16.3 Å². The Balaban J connectivity index is 2.64. The van der Waals surface area contributed by atoms with Crippen LogP contribution in [0.4, 0.5) is 0 Å². The zero-order valence-corrected chi connectivity index (χ0v) is 9.82. The van der Waals surface area contributed by atoms with Crippen LogP contribution in [0.2, 0.25) is 0 Å². The lowest BCUT2D eigenvalue weighted by Crippen LogP contribution is -2.28. The van der Waals surface area contributed by atoms with E-state index >= 15 is 0 Å². The molecule has 0 aliphatic heterocycles. The molecular formula is C13H16N2O. The van der Waals surface area contributed by atoms with Gasteiger partial charge in [-0.2, -0.15) is 0 Å². The first-order chi connectivity index (χ1) is 7.52. The minimum Gasteiger partial charge on any atom is -0.481 e. The second kappa shape index (κ2) is 3.76. The average molecular weight is 216 g/mol. The van der Waals surface area contributed by atoms with Crippen LogP contribution in [0.25, 0.3) is 10.8 Å². The molecule has 2 rings (SSSR count). The van der Waals surface area contributed by atoms with Crippen LogP contribution < -0.4 is 10.5 Å². The van der Waals surface area contributed by atoms with Gasteiger partial charge in [0.15, 0.2) is 0 Å². The standard InChI is InChI=1S/C13H16N2O/c1-13(2,14)10-4-5-11-9(8-10)6-7-15-12(11)16-3/h4-8H,14H2,1-3H3. The van der Waals surface area contributed by atoms with Crippen LogP contribution >= 0.6 is 0 Å². The van der Waals surface area contributed by atoms with Crippen molar-refractivity contribution in [1.29, 1.82) is 0 Å². The monoisotopic (exact) mass is 216 g/mol. The highest BCUT2D eigenvalue weighted by Gasteiger charge is 2.14. The molecule has 0 saturated heterocycles. The van der Waals surface area contributed by atoms with E-state index < -0.39 is 0 Å². The molecule has 1 aromatic carbocycles. The Morgan fingerprint density at radius 3 is 2.62 bits per heavy atom. The third-order valence-electron chi connectivity index (χ3n) is 2.67. The Kier molecular flexibility index (Phi) is 2.56. The van der Waals surface area contributed by atoms with Gasteiger partial charge in [-0.25, -0.2) is 4.98 Å². The summed E-state index contributed by atoms with van der Waals surface area (Å²) >= 11 is 0. The van der Waals surface area contributed by atoms with Gasteiger partial charge in [0.25, 0.3) is 0 Å². The van der Waals surface area contributed by atoms with Crippen molar-refractivity contribution in [3.63, 3.8) is 0 Å². The zero-order chi connectivity index (χ0) is 11.8. The van der Waals surface area contributed by atoms with E-state index in [-0.39, 0.29) is 5.54 Å². The highest BCUT2D eigenvalue weighted by Crippen LogP contribution is 2.27. The van der Waals surface area contributed by atoms with Gasteiger partial charge in [-0.1, -0.05) is 6.07 Å². The van der Waals surface area contributed by atoms with Gasteiger partial charge in [-0.15, -0.1) is 0 Å². The molecule has 1 heterocycles. The summed E-state index contributed by atoms with van der Waals surface area (Å²) in [6, 6.07) is 8.07. The highest BCUT2D eigenvalue weighted by atomic mass is 16.5. The number of nitrogens with zero attached hydrogens (tertiary/aromatic N) is 1. The molecule has 0 unspecified atom stereocenters. The van der Waals surface area contributed by atoms with Crippen molar-refractivity contribution in [2.24, 2.45) is 5.73 Å². The summed E-state index contributed by atoms with van der Waals surface area (Å²) < 4.78 is 5.21. The van der Waals surface area contributed by atoms with E-state index in [1.807, 2.05) is 32.0 Å². The molecule has 2 aromatic rings. The number of pyridine rings is 1. The fourth-order valence-corrected chi connectivity index (χ4v) is 1.71. The van der Waals surface area contributed by atoms with Gasteiger partial charge in [0.2, 0.25) is 5.88 Å². The largest absolute Gasteiger partial charge is 0.481 e. The molecule has 0 atom stereocenters. The van der Waals surface area contributed by atoms with Gasteiger partial charge < -0.3 is 10.5 Å². The summed E-state index contributed by atoms with van der Waals surface area (Å²) in [5.74, 6) is 0.652. The fourth-order valence-electron chi connectivity index (χ4n) is 1.71. The van der Waals surface area contributed by atoms with Crippen molar-refractivity contribution in [2.45, 2.75) is 19.4 Å². The fraction of sp³-hybridized carbons (Fsp3) is 0.308. The summed E-state index contributed by atoms with van der Waals surface area (Å²) in [4.78, 5) is 4.16. The number of methoxy groups -OCH3 is 1. The van der Waals surface area contributed by atoms with Crippen LogP contribution in [0.1, 0.15) is 19.4 Å². The van der Waals surface area contributed by atoms with E-state index in [4.69, 9.17) is 10.5 Å². The Hall–Kier alpha value is -1.61. The van der Waals surface area contributed by atoms with Gasteiger partial charge in [-0.3, -0.25) is 0 Å². The minimum atomic E-state index is -0.329. The maximum atomic E-state index is 6.07. The number of hydrogen-bond acceptors (Lipinski definition) is 3. The predicted octanol–water partition coefficient (Wildman–Crippen LogP) is 2.44. The van der Waals surface area contributed by atoms with Gasteiger partial charge in [0.1, 0.15) is 0 Å². The molecule has 0 amide bonds. The molecule has 0 aliphatic carbocycles. The Morgan fingerprint density at radius 1 is 1.25 bits per heavy atom. The lowest BCUT2D eigenvalue weighted by molar-refractivity contribution is 0.403. The SMILES string of the molecule is COc1nccc2cc(C(C)(C)N)ccc12. The predicted molar refractivity (Wildman–Crippen MR) is 65.5 cm³/mol. The van der Waals surface area contributed by atoms with E-state index in [9.17, 15) is 0 Å². The number of hydrogen-bond donors (Lipinski definition) is 1. The van der Waals surface area contributed by atoms with E-state index in [2.05, 4.69) is 11.1 Å². The summed E-state index contributed by atoms with van der Waals surface area (Å²) in [5, 5.41) is 2.11. The first-order valence-electron chi connectivity index (χ1n) is 5.24. The summed E-state index contributed by atoms with van der Waals surface area (Å²) in [5.41, 5.74) is 6.85. The van der Waals surface area contributed by atoms with Crippen molar-refractivity contribution in [2.75, 3.05) is 7.11 Å². The first-order valence-corrected chi connectivity index (χ1v) is 5.24. The number of fused-ring (bicyclic) bond motifs is 1. The molecule has 16 heavy (non-hydrogen) atoms. The van der Waals surface area contributed by atoms with Crippen LogP contribution in [-0.4, -0.2) is 12.1 Å². The third kappa shape index (κ3) is 1.86. The second-order valence-corrected chi connectivity index (χ2v) is 4.48. The summed E-state index contributed by atoms with van der Waals surface area (Å²) in [7, 11) is 1.63. The molecule has 2 N–H and O–H groups in total. The van der Waals surface area contributed by atoms with Crippen molar-refractivity contribution in [3.8, 4) is 5.88 Å². The van der Waals surface area contributed by atoms with Crippen LogP contribution in [0.3, 0.4) is 0 Å². The van der Waals surface area contributed by atoms with Gasteiger partial charge >= 0.3 is 0 Å². The van der Waals surface area contributed by atoms with Crippen molar-refractivity contribution >= 4 is 10.8 Å².